The van der Waals surface area contributed by atoms with Crippen LogP contribution < -0.4 is 10.2 Å². The molecule has 1 aliphatic heterocycles. The molecule has 2 atom stereocenters. The van der Waals surface area contributed by atoms with Gasteiger partial charge in [-0.1, -0.05) is 29.8 Å². The van der Waals surface area contributed by atoms with Gasteiger partial charge >= 0.3 is 0 Å². The summed E-state index contributed by atoms with van der Waals surface area (Å²) in [4.78, 5) is 2.65. The minimum atomic E-state index is 0.279. The molecular weight excluding hydrogens is 324 g/mol. The van der Waals surface area contributed by atoms with E-state index in [1.54, 1.807) is 0 Å². The maximum absolute atomic E-state index is 3.86. The van der Waals surface area contributed by atoms with E-state index in [0.29, 0.717) is 12.0 Å². The molecule has 1 N–H and O–H groups in total. The summed E-state index contributed by atoms with van der Waals surface area (Å²) in [6, 6.07) is 7.38. The lowest BCUT2D eigenvalue weighted by molar-refractivity contribution is 0.233. The number of benzene rings is 1. The predicted molar refractivity (Wildman–Crippen MR) is 94.0 cm³/mol. The minimum Gasteiger partial charge on any atom is -0.365 e. The monoisotopic (exact) mass is 350 g/mol. The van der Waals surface area contributed by atoms with E-state index in [1.807, 2.05) is 0 Å². The van der Waals surface area contributed by atoms with Crippen LogP contribution in [0.4, 0.5) is 5.69 Å². The molecule has 1 aliphatic carbocycles. The van der Waals surface area contributed by atoms with Gasteiger partial charge in [0.1, 0.15) is 0 Å². The van der Waals surface area contributed by atoms with Crippen LogP contribution >= 0.6 is 15.9 Å². The van der Waals surface area contributed by atoms with Gasteiger partial charge in [-0.05, 0) is 62.3 Å². The molecule has 2 nitrogen and oxygen atoms in total. The summed E-state index contributed by atoms with van der Waals surface area (Å²) in [5, 5.41) is 3.86. The molecule has 0 spiro atoms. The van der Waals surface area contributed by atoms with Gasteiger partial charge in [0.2, 0.25) is 0 Å². The fourth-order valence-electron chi connectivity index (χ4n) is 3.73. The van der Waals surface area contributed by atoms with Crippen LogP contribution in [0.1, 0.15) is 39.2 Å². The first-order chi connectivity index (χ1) is 9.89. The molecule has 3 heteroatoms. The van der Waals surface area contributed by atoms with Gasteiger partial charge in [-0.15, -0.1) is 0 Å². The van der Waals surface area contributed by atoms with Gasteiger partial charge in [-0.25, -0.2) is 0 Å². The van der Waals surface area contributed by atoms with Crippen LogP contribution in [0.2, 0.25) is 0 Å². The van der Waals surface area contributed by atoms with E-state index in [0.717, 1.165) is 19.0 Å². The number of rotatable bonds is 3. The maximum atomic E-state index is 3.86. The van der Waals surface area contributed by atoms with E-state index >= 15 is 0 Å². The van der Waals surface area contributed by atoms with Crippen LogP contribution in [0.5, 0.6) is 0 Å². The zero-order valence-corrected chi connectivity index (χ0v) is 15.2. The van der Waals surface area contributed by atoms with Crippen molar-refractivity contribution in [2.75, 3.05) is 18.0 Å². The predicted octanol–water partition coefficient (Wildman–Crippen LogP) is 4.36. The Balaban J connectivity index is 1.93. The Kier molecular flexibility index (Phi) is 4.08. The van der Waals surface area contributed by atoms with Gasteiger partial charge in [0.25, 0.3) is 0 Å². The molecule has 2 unspecified atom stereocenters. The summed E-state index contributed by atoms with van der Waals surface area (Å²) in [5.41, 5.74) is 2.98. The molecule has 2 aliphatic rings. The third-order valence-corrected chi connectivity index (χ3v) is 5.68. The molecule has 1 heterocycles. The van der Waals surface area contributed by atoms with Crippen molar-refractivity contribution in [1.29, 1.82) is 0 Å². The van der Waals surface area contributed by atoms with E-state index in [4.69, 9.17) is 0 Å². The number of nitrogens with zero attached hydrogens (tertiary/aromatic N) is 1. The van der Waals surface area contributed by atoms with E-state index in [2.05, 4.69) is 72.0 Å². The Hall–Kier alpha value is -0.540. The zero-order chi connectivity index (χ0) is 15.2. The van der Waals surface area contributed by atoms with Crippen molar-refractivity contribution in [3.63, 3.8) is 0 Å². The first-order valence-electron chi connectivity index (χ1n) is 8.18. The number of anilines is 1. The van der Waals surface area contributed by atoms with Crippen LogP contribution in [0.3, 0.4) is 0 Å². The number of halogens is 1. The molecule has 1 saturated heterocycles. The number of hydrogen-bond acceptors (Lipinski definition) is 2. The molecule has 2 fully saturated rings. The summed E-state index contributed by atoms with van der Waals surface area (Å²) in [7, 11) is 0. The molecule has 1 aromatic carbocycles. The first-order valence-corrected chi connectivity index (χ1v) is 8.97. The lowest BCUT2D eigenvalue weighted by Crippen LogP contribution is -2.65. The fraction of sp³-hybridized carbons (Fsp3) is 0.667. The average molecular weight is 351 g/mol. The molecule has 3 rings (SSSR count). The van der Waals surface area contributed by atoms with Crippen molar-refractivity contribution in [3.05, 3.63) is 28.2 Å². The van der Waals surface area contributed by atoms with Gasteiger partial charge < -0.3 is 10.2 Å². The molecule has 1 saturated carbocycles. The second-order valence-electron chi connectivity index (χ2n) is 7.50. The quantitative estimate of drug-likeness (QED) is 0.870. The molecule has 116 valence electrons. The summed E-state index contributed by atoms with van der Waals surface area (Å²) < 4.78 is 1.19. The lowest BCUT2D eigenvalue weighted by Gasteiger charge is -2.49. The smallest absolute Gasteiger partial charge is 0.0438 e. The summed E-state index contributed by atoms with van der Waals surface area (Å²) in [6.45, 7) is 11.5. The van der Waals surface area contributed by atoms with Crippen LogP contribution in [-0.2, 0) is 0 Å². The Morgan fingerprint density at radius 3 is 2.57 bits per heavy atom. The van der Waals surface area contributed by atoms with Gasteiger partial charge in [-0.2, -0.15) is 0 Å². The molecule has 0 radical (unpaired) electrons. The Bertz CT molecular complexity index is 504. The number of hydrogen-bond donors (Lipinski definition) is 1. The third kappa shape index (κ3) is 3.14. The molecule has 1 aromatic rings. The van der Waals surface area contributed by atoms with Crippen molar-refractivity contribution in [3.8, 4) is 0 Å². The molecule has 21 heavy (non-hydrogen) atoms. The van der Waals surface area contributed by atoms with Gasteiger partial charge in [0.05, 0.1) is 0 Å². The number of aryl methyl sites for hydroxylation is 1. The Labute approximate surface area is 137 Å². The highest BCUT2D eigenvalue weighted by molar-refractivity contribution is 9.10. The largest absolute Gasteiger partial charge is 0.365 e. The summed E-state index contributed by atoms with van der Waals surface area (Å²) in [6.07, 6.45) is 2.78. The van der Waals surface area contributed by atoms with E-state index in [9.17, 15) is 0 Å². The summed E-state index contributed by atoms with van der Waals surface area (Å²) in [5.74, 6) is 1.52. The first kappa shape index (κ1) is 15.4. The van der Waals surface area contributed by atoms with Crippen LogP contribution in [0, 0.1) is 18.8 Å². The van der Waals surface area contributed by atoms with Crippen molar-refractivity contribution in [1.82, 2.24) is 5.32 Å². The lowest BCUT2D eigenvalue weighted by atomic mass is 9.87. The van der Waals surface area contributed by atoms with Gasteiger partial charge in [0.15, 0.2) is 0 Å². The average Bonchev–Trinajstić information content (AvgIpc) is 3.21. The van der Waals surface area contributed by atoms with E-state index in [1.165, 1.54) is 28.6 Å². The molecule has 0 aromatic heterocycles. The Morgan fingerprint density at radius 1 is 1.29 bits per heavy atom. The number of piperazine rings is 1. The molecule has 0 amide bonds. The topological polar surface area (TPSA) is 15.3 Å². The standard InChI is InChI=1S/C18H27BrN2/c1-12(2)17-10-20-18(4,14-5-6-14)11-21(17)16-8-13(3)7-15(19)9-16/h7-9,12,14,17,20H,5-6,10-11H2,1-4H3. The number of nitrogens with one attached hydrogen (secondary N) is 1. The zero-order valence-electron chi connectivity index (χ0n) is 13.6. The molecule has 0 bridgehead atoms. The van der Waals surface area contributed by atoms with Crippen molar-refractivity contribution >= 4 is 21.6 Å². The van der Waals surface area contributed by atoms with Crippen molar-refractivity contribution in [2.24, 2.45) is 11.8 Å². The maximum Gasteiger partial charge on any atom is 0.0438 e. The highest BCUT2D eigenvalue weighted by atomic mass is 79.9. The van der Waals surface area contributed by atoms with E-state index in [-0.39, 0.29) is 5.54 Å². The second kappa shape index (κ2) is 5.58. The van der Waals surface area contributed by atoms with Gasteiger partial charge in [0, 0.05) is 34.8 Å². The van der Waals surface area contributed by atoms with Crippen LogP contribution in [0.25, 0.3) is 0 Å². The van der Waals surface area contributed by atoms with Crippen LogP contribution in [-0.4, -0.2) is 24.7 Å². The normalized spacial score (nSPS) is 30.0. The SMILES string of the molecule is Cc1cc(Br)cc(N2CC(C)(C3CC3)NCC2C(C)C)c1. The fourth-order valence-corrected chi connectivity index (χ4v) is 4.33. The van der Waals surface area contributed by atoms with Crippen LogP contribution in [0.15, 0.2) is 22.7 Å². The van der Waals surface area contributed by atoms with Gasteiger partial charge in [-0.3, -0.25) is 0 Å². The van der Waals surface area contributed by atoms with Crippen molar-refractivity contribution < 1.29 is 0 Å². The van der Waals surface area contributed by atoms with Crippen molar-refractivity contribution in [2.45, 2.75) is 52.1 Å². The minimum absolute atomic E-state index is 0.279. The summed E-state index contributed by atoms with van der Waals surface area (Å²) >= 11 is 3.66. The van der Waals surface area contributed by atoms with E-state index < -0.39 is 0 Å². The Morgan fingerprint density at radius 2 is 2.00 bits per heavy atom. The highest BCUT2D eigenvalue weighted by Crippen LogP contribution is 2.43. The third-order valence-electron chi connectivity index (χ3n) is 5.22. The highest BCUT2D eigenvalue weighted by Gasteiger charge is 2.46. The molecular formula is C18H27BrN2. The second-order valence-corrected chi connectivity index (χ2v) is 8.41.